The maximum absolute atomic E-state index is 14.1. The first kappa shape index (κ1) is 13.7. The lowest BCUT2D eigenvalue weighted by molar-refractivity contribution is -0.0702. The van der Waals surface area contributed by atoms with Gasteiger partial charge in [0.25, 0.3) is 0 Å². The Hall–Kier alpha value is -1.26. The number of nitrogens with zero attached hydrogens (tertiary/aromatic N) is 1. The van der Waals surface area contributed by atoms with Crippen LogP contribution in [0.5, 0.6) is 0 Å². The maximum atomic E-state index is 14.1. The highest BCUT2D eigenvalue weighted by molar-refractivity contribution is 5.98. The number of hydrogen-bond donors (Lipinski definition) is 0. The largest absolute Gasteiger partial charge is 0.378 e. The molecule has 2 atom stereocenters. The summed E-state index contributed by atoms with van der Waals surface area (Å²) in [6.07, 6.45) is 1.53. The smallest absolute Gasteiger partial charge is 0.169 e. The summed E-state index contributed by atoms with van der Waals surface area (Å²) in [6.45, 7) is 3.05. The van der Waals surface area contributed by atoms with Crippen LogP contribution in [-0.4, -0.2) is 43.0 Å². The van der Waals surface area contributed by atoms with Crippen LogP contribution in [0, 0.1) is 18.7 Å². The van der Waals surface area contributed by atoms with Crippen LogP contribution in [0.25, 0.3) is 0 Å². The summed E-state index contributed by atoms with van der Waals surface area (Å²) in [4.78, 5) is 14.9. The Morgan fingerprint density at radius 1 is 1.30 bits per heavy atom. The predicted molar refractivity (Wildman–Crippen MR) is 74.3 cm³/mol. The third-order valence-corrected chi connectivity index (χ3v) is 4.71. The quantitative estimate of drug-likeness (QED) is 0.778. The van der Waals surface area contributed by atoms with Gasteiger partial charge in [0.2, 0.25) is 0 Å². The van der Waals surface area contributed by atoms with E-state index in [0.717, 1.165) is 12.8 Å². The molecule has 1 aromatic carbocycles. The molecule has 0 radical (unpaired) electrons. The molecule has 2 bridgehead atoms. The molecule has 108 valence electrons. The number of Topliss-reactive ketones (excluding diaryl/α,β-unsaturated/α-hetero) is 1. The second kappa shape index (κ2) is 5.26. The molecule has 3 nitrogen and oxygen atoms in total. The minimum Gasteiger partial charge on any atom is -0.378 e. The number of aryl methyl sites for hydroxylation is 1. The van der Waals surface area contributed by atoms with E-state index in [2.05, 4.69) is 11.9 Å². The van der Waals surface area contributed by atoms with Gasteiger partial charge in [-0.2, -0.15) is 0 Å². The van der Waals surface area contributed by atoms with Gasteiger partial charge < -0.3 is 4.74 Å². The van der Waals surface area contributed by atoms with Crippen LogP contribution < -0.4 is 0 Å². The number of carbonyl (C=O) groups is 1. The predicted octanol–water partition coefficient (Wildman–Crippen LogP) is 2.43. The zero-order valence-electron chi connectivity index (χ0n) is 11.9. The number of hydrogen-bond acceptors (Lipinski definition) is 3. The van der Waals surface area contributed by atoms with E-state index in [0.29, 0.717) is 18.8 Å². The Balaban J connectivity index is 1.83. The molecule has 0 amide bonds. The van der Waals surface area contributed by atoms with Gasteiger partial charge in [-0.1, -0.05) is 12.1 Å². The zero-order chi connectivity index (χ0) is 14.3. The molecule has 2 aliphatic heterocycles. The lowest BCUT2D eigenvalue weighted by Gasteiger charge is -2.46. The minimum absolute atomic E-state index is 0.0452. The highest BCUT2D eigenvalue weighted by Gasteiger charge is 2.40. The molecule has 2 aliphatic rings. The highest BCUT2D eigenvalue weighted by atomic mass is 19.1. The summed E-state index contributed by atoms with van der Waals surface area (Å²) in [5.74, 6) is -0.490. The lowest BCUT2D eigenvalue weighted by Crippen LogP contribution is -2.55. The van der Waals surface area contributed by atoms with E-state index in [1.165, 1.54) is 0 Å². The number of fused-ring (bicyclic) bond motifs is 2. The number of rotatable bonds is 2. The summed E-state index contributed by atoms with van der Waals surface area (Å²) in [5.41, 5.74) is 0.783. The fourth-order valence-electron chi connectivity index (χ4n) is 3.37. The van der Waals surface area contributed by atoms with Crippen molar-refractivity contribution < 1.29 is 13.9 Å². The third kappa shape index (κ3) is 2.27. The Labute approximate surface area is 118 Å². The van der Waals surface area contributed by atoms with Crippen molar-refractivity contribution in [3.8, 4) is 0 Å². The van der Waals surface area contributed by atoms with E-state index < -0.39 is 0 Å². The molecule has 0 saturated carbocycles. The standard InChI is InChI=1S/C16H20FNO2/c1-10-4-3-5-14(15(10)17)16(19)11-6-12-8-20-9-13(7-11)18(12)2/h3-5,11-13H,6-9H2,1-2H3. The molecular formula is C16H20FNO2. The topological polar surface area (TPSA) is 29.5 Å². The van der Waals surface area contributed by atoms with E-state index in [4.69, 9.17) is 4.74 Å². The van der Waals surface area contributed by atoms with Gasteiger partial charge in [0.15, 0.2) is 5.78 Å². The monoisotopic (exact) mass is 277 g/mol. The molecule has 2 saturated heterocycles. The molecule has 4 heteroatoms. The first-order valence-electron chi connectivity index (χ1n) is 7.17. The number of ketones is 1. The molecule has 3 rings (SSSR count). The van der Waals surface area contributed by atoms with Gasteiger partial charge in [0.05, 0.1) is 18.8 Å². The van der Waals surface area contributed by atoms with Crippen molar-refractivity contribution in [3.63, 3.8) is 0 Å². The van der Waals surface area contributed by atoms with Gasteiger partial charge in [0, 0.05) is 18.0 Å². The molecule has 2 fully saturated rings. The molecule has 20 heavy (non-hydrogen) atoms. The highest BCUT2D eigenvalue weighted by Crippen LogP contribution is 2.33. The minimum atomic E-state index is -0.363. The van der Waals surface area contributed by atoms with Crippen LogP contribution in [-0.2, 0) is 4.74 Å². The van der Waals surface area contributed by atoms with E-state index in [1.54, 1.807) is 25.1 Å². The number of carbonyl (C=O) groups excluding carboxylic acids is 1. The molecule has 0 spiro atoms. The Morgan fingerprint density at radius 3 is 2.60 bits per heavy atom. The van der Waals surface area contributed by atoms with Crippen molar-refractivity contribution in [2.24, 2.45) is 5.92 Å². The van der Waals surface area contributed by atoms with E-state index >= 15 is 0 Å². The number of likely N-dealkylation sites (N-methyl/N-ethyl adjacent to an activating group) is 1. The summed E-state index contributed by atoms with van der Waals surface area (Å²) < 4.78 is 19.7. The lowest BCUT2D eigenvalue weighted by atomic mass is 9.80. The van der Waals surface area contributed by atoms with Crippen LogP contribution in [0.3, 0.4) is 0 Å². The summed E-state index contributed by atoms with van der Waals surface area (Å²) in [5, 5.41) is 0. The fraction of sp³-hybridized carbons (Fsp3) is 0.562. The van der Waals surface area contributed by atoms with Gasteiger partial charge in [-0.25, -0.2) is 4.39 Å². The fourth-order valence-corrected chi connectivity index (χ4v) is 3.37. The van der Waals surface area contributed by atoms with Gasteiger partial charge in [-0.3, -0.25) is 9.69 Å². The zero-order valence-corrected chi connectivity index (χ0v) is 11.9. The van der Waals surface area contributed by atoms with E-state index in [1.807, 2.05) is 0 Å². The number of benzene rings is 1. The first-order valence-corrected chi connectivity index (χ1v) is 7.17. The van der Waals surface area contributed by atoms with Gasteiger partial charge in [-0.05, 0) is 38.4 Å². The SMILES string of the molecule is Cc1cccc(C(=O)C2CC3COCC(C2)N3C)c1F. The second-order valence-electron chi connectivity index (χ2n) is 5.98. The number of ether oxygens (including phenoxy) is 1. The average molecular weight is 277 g/mol. The third-order valence-electron chi connectivity index (χ3n) is 4.71. The van der Waals surface area contributed by atoms with E-state index in [-0.39, 0.29) is 35.2 Å². The number of halogens is 1. The van der Waals surface area contributed by atoms with E-state index in [9.17, 15) is 9.18 Å². The second-order valence-corrected chi connectivity index (χ2v) is 5.98. The number of piperidine rings is 1. The van der Waals surface area contributed by atoms with Crippen molar-refractivity contribution in [1.29, 1.82) is 0 Å². The van der Waals surface area contributed by atoms with Crippen molar-refractivity contribution >= 4 is 5.78 Å². The Kier molecular flexibility index (Phi) is 3.61. The number of morpholine rings is 1. The van der Waals surface area contributed by atoms with Crippen LogP contribution >= 0.6 is 0 Å². The Bertz CT molecular complexity index is 517. The van der Waals surface area contributed by atoms with Crippen molar-refractivity contribution in [3.05, 3.63) is 35.1 Å². The van der Waals surface area contributed by atoms with Gasteiger partial charge >= 0.3 is 0 Å². The molecule has 1 aromatic rings. The maximum Gasteiger partial charge on any atom is 0.169 e. The summed E-state index contributed by atoms with van der Waals surface area (Å²) >= 11 is 0. The average Bonchev–Trinajstić information content (AvgIpc) is 2.41. The van der Waals surface area contributed by atoms with Crippen LogP contribution in [0.15, 0.2) is 18.2 Å². The van der Waals surface area contributed by atoms with Gasteiger partial charge in [-0.15, -0.1) is 0 Å². The summed E-state index contributed by atoms with van der Waals surface area (Å²) in [6, 6.07) is 5.62. The summed E-state index contributed by atoms with van der Waals surface area (Å²) in [7, 11) is 2.09. The molecular weight excluding hydrogens is 257 g/mol. The Morgan fingerprint density at radius 2 is 1.95 bits per heavy atom. The van der Waals surface area contributed by atoms with Crippen LogP contribution in [0.4, 0.5) is 4.39 Å². The molecule has 0 aliphatic carbocycles. The van der Waals surface area contributed by atoms with Crippen molar-refractivity contribution in [2.75, 3.05) is 20.3 Å². The molecule has 2 unspecified atom stereocenters. The van der Waals surface area contributed by atoms with Gasteiger partial charge in [0.1, 0.15) is 5.82 Å². The van der Waals surface area contributed by atoms with Crippen molar-refractivity contribution in [2.45, 2.75) is 31.8 Å². The van der Waals surface area contributed by atoms with Crippen LogP contribution in [0.1, 0.15) is 28.8 Å². The first-order chi connectivity index (χ1) is 9.58. The van der Waals surface area contributed by atoms with Crippen LogP contribution in [0.2, 0.25) is 0 Å². The molecule has 2 heterocycles. The van der Waals surface area contributed by atoms with Crippen molar-refractivity contribution in [1.82, 2.24) is 4.90 Å². The normalized spacial score (nSPS) is 30.2. The molecule has 0 N–H and O–H groups in total. The molecule has 0 aromatic heterocycles.